The Labute approximate surface area is 273 Å². The van der Waals surface area contributed by atoms with Crippen molar-refractivity contribution in [2.45, 2.75) is 96.0 Å². The number of aryl methyl sites for hydroxylation is 2. The third-order valence-corrected chi connectivity index (χ3v) is 10.1. The molecule has 1 aliphatic heterocycles. The lowest BCUT2D eigenvalue weighted by molar-refractivity contribution is -0.142. The zero-order valence-corrected chi connectivity index (χ0v) is 28.4. The van der Waals surface area contributed by atoms with Crippen molar-refractivity contribution >= 4 is 27.5 Å². The fraction of sp³-hybridized carbons (Fsp3) is 0.645. The van der Waals surface area contributed by atoms with E-state index in [1.54, 1.807) is 13.8 Å². The van der Waals surface area contributed by atoms with E-state index in [2.05, 4.69) is 10.5 Å². The Kier molecular flexibility index (Phi) is 13.2. The molecule has 2 N–H and O–H groups in total. The van der Waals surface area contributed by atoms with Crippen molar-refractivity contribution in [2.24, 2.45) is 5.92 Å². The van der Waals surface area contributed by atoms with E-state index in [1.807, 2.05) is 13.8 Å². The summed E-state index contributed by atoms with van der Waals surface area (Å²) in [7, 11) is -2.57. The number of carbonyl (C=O) groups excluding carboxylic acids is 2. The first-order chi connectivity index (χ1) is 21.9. The second-order valence-corrected chi connectivity index (χ2v) is 14.1. The Morgan fingerprint density at radius 3 is 2.55 bits per heavy atom. The molecule has 0 saturated carbocycles. The quantitative estimate of drug-likeness (QED) is 0.382. The lowest BCUT2D eigenvalue weighted by atomic mass is 10.0. The van der Waals surface area contributed by atoms with E-state index in [9.17, 15) is 36.3 Å². The fourth-order valence-electron chi connectivity index (χ4n) is 5.29. The number of nitrogens with one attached hydrogen (secondary N) is 1. The molecule has 0 fully saturated rings. The second kappa shape index (κ2) is 16.3. The minimum Gasteiger partial charge on any atom is -0.490 e. The zero-order valence-electron chi connectivity index (χ0n) is 27.6. The SMILES string of the molecule is Cc1noc(C)c1S(=O)(=O)N(C)C[C@H]1OCCCC[C@@H](C)Oc2ccc(NC(=O)CCC(F)(F)F)cc2C(=O)N([C@H](C)CO)C[C@@H]1C. The van der Waals surface area contributed by atoms with E-state index in [0.29, 0.717) is 25.9 Å². The van der Waals surface area contributed by atoms with Gasteiger partial charge in [0.25, 0.3) is 5.91 Å². The number of sulfonamides is 1. The van der Waals surface area contributed by atoms with Gasteiger partial charge < -0.3 is 29.3 Å². The minimum absolute atomic E-state index is 0.0221. The Morgan fingerprint density at radius 1 is 1.23 bits per heavy atom. The number of nitrogens with zero attached hydrogens (tertiary/aromatic N) is 3. The maximum atomic E-state index is 14.2. The molecular weight excluding hydrogens is 645 g/mol. The van der Waals surface area contributed by atoms with Gasteiger partial charge in [-0.25, -0.2) is 8.42 Å². The number of alkyl halides is 3. The van der Waals surface area contributed by atoms with Crippen molar-refractivity contribution in [3.63, 3.8) is 0 Å². The van der Waals surface area contributed by atoms with Crippen LogP contribution in [0.3, 0.4) is 0 Å². The van der Waals surface area contributed by atoms with Gasteiger partial charge >= 0.3 is 6.18 Å². The number of benzene rings is 1. The standard InChI is InChI=1S/C31H45F3N4O8S/c1-19-16-38(20(2)18-39)30(41)25-15-24(35-28(40)12-13-31(32,33)34)10-11-26(25)45-21(3)9-7-8-14-44-27(19)17-37(6)47(42,43)29-22(4)36-46-23(29)5/h10-11,15,19-21,27,39H,7-9,12-14,16-18H2,1-6H3,(H,35,40)/t19-,20+,21+,27+/m0/s1. The van der Waals surface area contributed by atoms with Crippen LogP contribution >= 0.6 is 0 Å². The normalized spacial score (nSPS) is 21.1. The molecule has 1 aromatic carbocycles. The summed E-state index contributed by atoms with van der Waals surface area (Å²) in [6, 6.07) is 3.59. The van der Waals surface area contributed by atoms with Gasteiger partial charge in [0, 0.05) is 44.8 Å². The van der Waals surface area contributed by atoms with Gasteiger partial charge in [-0.3, -0.25) is 9.59 Å². The van der Waals surface area contributed by atoms with Gasteiger partial charge in [0.15, 0.2) is 5.76 Å². The summed E-state index contributed by atoms with van der Waals surface area (Å²) in [4.78, 5) is 27.8. The van der Waals surface area contributed by atoms with Crippen molar-refractivity contribution in [1.29, 1.82) is 0 Å². The molecule has 12 nitrogen and oxygen atoms in total. The summed E-state index contributed by atoms with van der Waals surface area (Å²) >= 11 is 0. The molecule has 1 aromatic heterocycles. The molecule has 3 rings (SSSR count). The number of rotatable bonds is 9. The molecule has 16 heteroatoms. The van der Waals surface area contributed by atoms with E-state index in [1.165, 1.54) is 41.4 Å². The lowest BCUT2D eigenvalue weighted by Crippen LogP contribution is -2.48. The highest BCUT2D eigenvalue weighted by atomic mass is 32.2. The van der Waals surface area contributed by atoms with E-state index in [0.717, 1.165) is 0 Å². The Balaban J connectivity index is 1.95. The number of likely N-dealkylation sites (N-methyl/N-ethyl adjacent to an activating group) is 1. The van der Waals surface area contributed by atoms with Crippen molar-refractivity contribution in [3.8, 4) is 5.75 Å². The average molecular weight is 691 g/mol. The van der Waals surface area contributed by atoms with E-state index in [4.69, 9.17) is 14.0 Å². The summed E-state index contributed by atoms with van der Waals surface area (Å²) in [6.07, 6.45) is -5.60. The van der Waals surface area contributed by atoms with Crippen LogP contribution in [0.2, 0.25) is 0 Å². The Hall–Kier alpha value is -3.21. The van der Waals surface area contributed by atoms with Gasteiger partial charge in [0.2, 0.25) is 15.9 Å². The number of hydrogen-bond donors (Lipinski definition) is 2. The number of aliphatic hydroxyl groups excluding tert-OH is 1. The van der Waals surface area contributed by atoms with Gasteiger partial charge in [-0.1, -0.05) is 12.1 Å². The number of fused-ring (bicyclic) bond motifs is 1. The summed E-state index contributed by atoms with van der Waals surface area (Å²) < 4.78 is 83.6. The molecule has 2 heterocycles. The molecule has 0 bridgehead atoms. The summed E-state index contributed by atoms with van der Waals surface area (Å²) in [6.45, 7) is 8.28. The van der Waals surface area contributed by atoms with Crippen LogP contribution < -0.4 is 10.1 Å². The molecule has 264 valence electrons. The largest absolute Gasteiger partial charge is 0.490 e. The molecular formula is C31H45F3N4O8S. The number of carbonyl (C=O) groups is 2. The van der Waals surface area contributed by atoms with Crippen molar-refractivity contribution in [2.75, 3.05) is 38.7 Å². The van der Waals surface area contributed by atoms with E-state index >= 15 is 0 Å². The number of anilines is 1. The van der Waals surface area contributed by atoms with Crippen LogP contribution in [0.25, 0.3) is 0 Å². The second-order valence-electron chi connectivity index (χ2n) is 12.1. The first-order valence-electron chi connectivity index (χ1n) is 15.5. The number of aromatic nitrogens is 1. The molecule has 0 unspecified atom stereocenters. The molecule has 2 amide bonds. The minimum atomic E-state index is -4.50. The maximum absolute atomic E-state index is 14.2. The number of ether oxygens (including phenoxy) is 2. The topological polar surface area (TPSA) is 152 Å². The molecule has 47 heavy (non-hydrogen) atoms. The number of amides is 2. The van der Waals surface area contributed by atoms with Gasteiger partial charge in [0.05, 0.1) is 36.8 Å². The third-order valence-electron chi connectivity index (χ3n) is 8.04. The number of aliphatic hydroxyl groups is 1. The van der Waals surface area contributed by atoms with Crippen LogP contribution in [-0.2, 0) is 19.6 Å². The van der Waals surface area contributed by atoms with E-state index < -0.39 is 65.5 Å². The molecule has 4 atom stereocenters. The highest BCUT2D eigenvalue weighted by molar-refractivity contribution is 7.89. The van der Waals surface area contributed by atoms with Crippen molar-refractivity contribution in [3.05, 3.63) is 35.2 Å². The van der Waals surface area contributed by atoms with Crippen LogP contribution in [0.4, 0.5) is 18.9 Å². The average Bonchev–Trinajstić information content (AvgIpc) is 3.35. The van der Waals surface area contributed by atoms with Crippen molar-refractivity contribution < 1.29 is 50.3 Å². The predicted octanol–water partition coefficient (Wildman–Crippen LogP) is 4.69. The monoisotopic (exact) mass is 690 g/mol. The summed E-state index contributed by atoms with van der Waals surface area (Å²) in [5, 5.41) is 16.3. The third kappa shape index (κ3) is 10.4. The van der Waals surface area contributed by atoms with Gasteiger partial charge in [-0.05, 0) is 65.2 Å². The van der Waals surface area contributed by atoms with Crippen LogP contribution in [0.15, 0.2) is 27.6 Å². The van der Waals surface area contributed by atoms with Crippen LogP contribution in [0, 0.1) is 19.8 Å². The lowest BCUT2D eigenvalue weighted by Gasteiger charge is -2.35. The summed E-state index contributed by atoms with van der Waals surface area (Å²) in [5.74, 6) is -1.48. The van der Waals surface area contributed by atoms with Gasteiger partial charge in [0.1, 0.15) is 16.3 Å². The Bertz CT molecular complexity index is 1460. The highest BCUT2D eigenvalue weighted by Gasteiger charge is 2.34. The van der Waals surface area contributed by atoms with Gasteiger partial charge in [-0.15, -0.1) is 0 Å². The first kappa shape index (κ1) is 38.2. The first-order valence-corrected chi connectivity index (χ1v) is 17.0. The predicted molar refractivity (Wildman–Crippen MR) is 167 cm³/mol. The van der Waals surface area contributed by atoms with Gasteiger partial charge in [-0.2, -0.15) is 17.5 Å². The molecule has 0 radical (unpaired) electrons. The number of hydrogen-bond acceptors (Lipinski definition) is 9. The maximum Gasteiger partial charge on any atom is 0.389 e. The zero-order chi connectivity index (χ0) is 35.1. The smallest absolute Gasteiger partial charge is 0.389 e. The number of halogens is 3. The Morgan fingerprint density at radius 2 is 1.94 bits per heavy atom. The van der Waals surface area contributed by atoms with Crippen LogP contribution in [-0.4, -0.2) is 97.5 Å². The molecule has 2 aromatic rings. The molecule has 0 saturated heterocycles. The molecule has 0 aliphatic carbocycles. The van der Waals surface area contributed by atoms with E-state index in [-0.39, 0.29) is 52.5 Å². The molecule has 1 aliphatic rings. The van der Waals surface area contributed by atoms with Crippen LogP contribution in [0.5, 0.6) is 5.75 Å². The summed E-state index contributed by atoms with van der Waals surface area (Å²) in [5.41, 5.74) is 0.387. The van der Waals surface area contributed by atoms with Crippen molar-refractivity contribution in [1.82, 2.24) is 14.4 Å². The molecule has 0 spiro atoms. The van der Waals surface area contributed by atoms with Crippen LogP contribution in [0.1, 0.15) is 74.7 Å². The highest BCUT2D eigenvalue weighted by Crippen LogP contribution is 2.30. The fourth-order valence-corrected chi connectivity index (χ4v) is 6.76.